The molecule has 0 N–H and O–H groups in total. The minimum Gasteiger partial charge on any atom is -0.477 e. The van der Waals surface area contributed by atoms with Gasteiger partial charge in [-0.2, -0.15) is 0 Å². The normalized spacial score (nSPS) is 11.3. The first-order valence-electron chi connectivity index (χ1n) is 6.90. The van der Waals surface area contributed by atoms with Gasteiger partial charge in [0.15, 0.2) is 0 Å². The van der Waals surface area contributed by atoms with Crippen LogP contribution in [0.25, 0.3) is 0 Å². The zero-order chi connectivity index (χ0) is 15.1. The van der Waals surface area contributed by atoms with Gasteiger partial charge >= 0.3 is 0 Å². The smallest absolute Gasteiger partial charge is 0.228 e. The van der Waals surface area contributed by atoms with Crippen LogP contribution in [0.2, 0.25) is 0 Å². The topological polar surface area (TPSA) is 37.7 Å². The molecule has 5 heteroatoms. The largest absolute Gasteiger partial charge is 0.477 e. The molecule has 0 aliphatic heterocycles. The van der Waals surface area contributed by atoms with E-state index in [1.807, 2.05) is 32.0 Å². The Kier molecular flexibility index (Phi) is 6.99. The highest BCUT2D eigenvalue weighted by atomic mass is 79.9. The van der Waals surface area contributed by atoms with Crippen molar-refractivity contribution >= 4 is 28.0 Å². The number of pyridine rings is 1. The van der Waals surface area contributed by atoms with Gasteiger partial charge in [-0.1, -0.05) is 13.8 Å². The van der Waals surface area contributed by atoms with E-state index in [1.165, 1.54) is 6.42 Å². The van der Waals surface area contributed by atoms with Crippen LogP contribution in [0.1, 0.15) is 32.4 Å². The molecule has 0 bridgehead atoms. The van der Waals surface area contributed by atoms with Crippen LogP contribution >= 0.6 is 15.9 Å². The maximum atomic E-state index is 5.73. The van der Waals surface area contributed by atoms with Crippen LogP contribution in [-0.2, 0) is 0 Å². The predicted octanol–water partition coefficient (Wildman–Crippen LogP) is 4.19. The van der Waals surface area contributed by atoms with Crippen molar-refractivity contribution in [1.29, 1.82) is 0 Å². The number of ether oxygens (including phenoxy) is 1. The van der Waals surface area contributed by atoms with Crippen LogP contribution in [0, 0.1) is 12.8 Å². The number of aromatic nitrogens is 1. The zero-order valence-corrected chi connectivity index (χ0v) is 14.6. The summed E-state index contributed by atoms with van der Waals surface area (Å²) in [6.07, 6.45) is 3.98. The molecule has 0 radical (unpaired) electrons. The summed E-state index contributed by atoms with van der Waals surface area (Å²) in [5.41, 5.74) is 1.71. The van der Waals surface area contributed by atoms with Crippen molar-refractivity contribution in [3.05, 3.63) is 16.2 Å². The Balaban J connectivity index is 2.68. The Morgan fingerprint density at radius 1 is 1.45 bits per heavy atom. The van der Waals surface area contributed by atoms with Crippen LogP contribution in [0.5, 0.6) is 5.88 Å². The van der Waals surface area contributed by atoms with E-state index < -0.39 is 0 Å². The molecule has 0 aromatic carbocycles. The van der Waals surface area contributed by atoms with E-state index in [9.17, 15) is 0 Å². The molecule has 0 saturated heterocycles. The fourth-order valence-corrected chi connectivity index (χ4v) is 2.04. The van der Waals surface area contributed by atoms with Crippen molar-refractivity contribution in [3.8, 4) is 5.88 Å². The number of hydrogen-bond acceptors (Lipinski definition) is 3. The Morgan fingerprint density at radius 2 is 2.15 bits per heavy atom. The second-order valence-electron chi connectivity index (χ2n) is 5.47. The summed E-state index contributed by atoms with van der Waals surface area (Å²) in [4.78, 5) is 10.7. The van der Waals surface area contributed by atoms with Gasteiger partial charge in [0, 0.05) is 14.1 Å². The molecule has 4 nitrogen and oxygen atoms in total. The molecule has 0 spiro atoms. The fourth-order valence-electron chi connectivity index (χ4n) is 1.62. The summed E-state index contributed by atoms with van der Waals surface area (Å²) >= 11 is 3.49. The van der Waals surface area contributed by atoms with Gasteiger partial charge in [0.25, 0.3) is 0 Å². The van der Waals surface area contributed by atoms with E-state index in [-0.39, 0.29) is 0 Å². The third kappa shape index (κ3) is 5.90. The van der Waals surface area contributed by atoms with Gasteiger partial charge in [-0.25, -0.2) is 9.98 Å². The maximum absolute atomic E-state index is 5.73. The van der Waals surface area contributed by atoms with Gasteiger partial charge in [-0.15, -0.1) is 0 Å². The summed E-state index contributed by atoms with van der Waals surface area (Å²) in [5.74, 6) is 1.36. The van der Waals surface area contributed by atoms with E-state index in [2.05, 4.69) is 39.8 Å². The first-order valence-corrected chi connectivity index (χ1v) is 7.70. The fraction of sp³-hybridized carbons (Fsp3) is 0.600. The lowest BCUT2D eigenvalue weighted by atomic mass is 10.1. The number of hydrogen-bond donors (Lipinski definition) is 0. The van der Waals surface area contributed by atoms with Crippen molar-refractivity contribution in [2.75, 3.05) is 20.7 Å². The lowest BCUT2D eigenvalue weighted by Gasteiger charge is -2.10. The van der Waals surface area contributed by atoms with Crippen molar-refractivity contribution in [3.63, 3.8) is 0 Å². The van der Waals surface area contributed by atoms with Gasteiger partial charge in [-0.3, -0.25) is 0 Å². The van der Waals surface area contributed by atoms with Gasteiger partial charge in [0.05, 0.1) is 28.8 Å². The Bertz CT molecular complexity index is 459. The molecular weight excluding hydrogens is 318 g/mol. The molecule has 1 aromatic heterocycles. The second-order valence-corrected chi connectivity index (χ2v) is 6.33. The third-order valence-corrected chi connectivity index (χ3v) is 3.27. The number of nitrogens with zero attached hydrogens (tertiary/aromatic N) is 3. The molecule has 0 amide bonds. The van der Waals surface area contributed by atoms with Crippen LogP contribution in [0.3, 0.4) is 0 Å². The lowest BCUT2D eigenvalue weighted by molar-refractivity contribution is 0.285. The van der Waals surface area contributed by atoms with Crippen LogP contribution in [0.4, 0.5) is 5.69 Å². The molecule has 1 rings (SSSR count). The van der Waals surface area contributed by atoms with Crippen molar-refractivity contribution in [2.24, 2.45) is 10.9 Å². The molecule has 112 valence electrons. The maximum Gasteiger partial charge on any atom is 0.228 e. The Hall–Kier alpha value is -1.10. The number of halogens is 1. The molecule has 1 aromatic rings. The molecule has 0 atom stereocenters. The summed E-state index contributed by atoms with van der Waals surface area (Å²) in [7, 11) is 3.88. The summed E-state index contributed by atoms with van der Waals surface area (Å²) in [6, 6.07) is 1.94. The average Bonchev–Trinajstić information content (AvgIpc) is 2.36. The zero-order valence-electron chi connectivity index (χ0n) is 13.0. The standard InChI is InChI=1S/C15H24BrN3O/c1-11(2)7-6-8-20-15-13(16)9-14(12(3)18-15)17-10-19(4)5/h9-11H,6-8H2,1-5H3. The van der Waals surface area contributed by atoms with Crippen molar-refractivity contribution < 1.29 is 4.74 Å². The summed E-state index contributed by atoms with van der Waals surface area (Å²) in [6.45, 7) is 7.07. The molecule has 0 aliphatic rings. The number of rotatable bonds is 7. The highest BCUT2D eigenvalue weighted by Gasteiger charge is 2.08. The van der Waals surface area contributed by atoms with E-state index in [4.69, 9.17) is 4.74 Å². The molecule has 20 heavy (non-hydrogen) atoms. The van der Waals surface area contributed by atoms with Gasteiger partial charge in [-0.05, 0) is 47.7 Å². The molecule has 0 fully saturated rings. The predicted molar refractivity (Wildman–Crippen MR) is 88.1 cm³/mol. The summed E-state index contributed by atoms with van der Waals surface area (Å²) < 4.78 is 6.57. The first-order chi connectivity index (χ1) is 9.40. The van der Waals surface area contributed by atoms with Gasteiger partial charge in [0.2, 0.25) is 5.88 Å². The summed E-state index contributed by atoms with van der Waals surface area (Å²) in [5, 5.41) is 0. The van der Waals surface area contributed by atoms with Gasteiger partial charge < -0.3 is 9.64 Å². The van der Waals surface area contributed by atoms with E-state index in [0.717, 1.165) is 22.3 Å². The number of aryl methyl sites for hydroxylation is 1. The lowest BCUT2D eigenvalue weighted by Crippen LogP contribution is -2.07. The molecule has 1 heterocycles. The van der Waals surface area contributed by atoms with Gasteiger partial charge in [0.1, 0.15) is 0 Å². The highest BCUT2D eigenvalue weighted by molar-refractivity contribution is 9.10. The number of aliphatic imine (C=N–C) groups is 1. The molecule has 0 unspecified atom stereocenters. The minimum atomic E-state index is 0.648. The quantitative estimate of drug-likeness (QED) is 0.424. The van der Waals surface area contributed by atoms with Crippen LogP contribution in [0.15, 0.2) is 15.5 Å². The average molecular weight is 342 g/mol. The monoisotopic (exact) mass is 341 g/mol. The minimum absolute atomic E-state index is 0.648. The van der Waals surface area contributed by atoms with Crippen LogP contribution < -0.4 is 4.74 Å². The van der Waals surface area contributed by atoms with Crippen molar-refractivity contribution in [2.45, 2.75) is 33.6 Å². The molecular formula is C15H24BrN3O. The van der Waals surface area contributed by atoms with E-state index in [0.29, 0.717) is 18.4 Å². The molecule has 0 aliphatic carbocycles. The third-order valence-electron chi connectivity index (χ3n) is 2.70. The molecule has 0 saturated carbocycles. The Labute approximate surface area is 130 Å². The second kappa shape index (κ2) is 8.25. The van der Waals surface area contributed by atoms with Crippen molar-refractivity contribution in [1.82, 2.24) is 9.88 Å². The first kappa shape index (κ1) is 17.0. The van der Waals surface area contributed by atoms with E-state index >= 15 is 0 Å². The Morgan fingerprint density at radius 3 is 2.75 bits per heavy atom. The van der Waals surface area contributed by atoms with Crippen LogP contribution in [-0.4, -0.2) is 36.9 Å². The highest BCUT2D eigenvalue weighted by Crippen LogP contribution is 2.29. The SMILES string of the molecule is Cc1nc(OCCCC(C)C)c(Br)cc1N=CN(C)C. The van der Waals surface area contributed by atoms with E-state index in [1.54, 1.807) is 6.34 Å².